The van der Waals surface area contributed by atoms with E-state index in [9.17, 15) is 4.79 Å². The summed E-state index contributed by atoms with van der Waals surface area (Å²) >= 11 is 0. The van der Waals surface area contributed by atoms with Crippen LogP contribution in [0.25, 0.3) is 0 Å². The number of carboxylic acid groups (broad SMARTS) is 1. The number of hydrogen-bond donors (Lipinski definition) is 1. The van der Waals surface area contributed by atoms with Crippen LogP contribution in [0.3, 0.4) is 0 Å². The van der Waals surface area contributed by atoms with Crippen molar-refractivity contribution in [2.45, 2.75) is 39.3 Å². The average Bonchev–Trinajstić information content (AvgIpc) is 2.43. The summed E-state index contributed by atoms with van der Waals surface area (Å²) in [5.41, 5.74) is 2.39. The van der Waals surface area contributed by atoms with E-state index in [0.717, 1.165) is 25.1 Å². The van der Waals surface area contributed by atoms with Crippen LogP contribution in [-0.2, 0) is 11.3 Å². The maximum Gasteiger partial charge on any atom is 0.307 e. The summed E-state index contributed by atoms with van der Waals surface area (Å²) in [6.45, 7) is 6.11. The van der Waals surface area contributed by atoms with Crippen LogP contribution in [0.5, 0.6) is 0 Å². The summed E-state index contributed by atoms with van der Waals surface area (Å²) in [6, 6.07) is 10.9. The molecule has 3 heteroatoms. The van der Waals surface area contributed by atoms with Crippen molar-refractivity contribution in [1.82, 2.24) is 4.90 Å². The van der Waals surface area contributed by atoms with Gasteiger partial charge in [-0.25, -0.2) is 0 Å². The fraction of sp³-hybridized carbons (Fsp3) is 0.471. The first-order chi connectivity index (χ1) is 9.61. The van der Waals surface area contributed by atoms with Gasteiger partial charge in [-0.15, -0.1) is 0 Å². The number of carbonyl (C=O) groups is 1. The van der Waals surface area contributed by atoms with Crippen molar-refractivity contribution < 1.29 is 9.90 Å². The molecule has 0 amide bonds. The normalized spacial score (nSPS) is 23.4. The average molecular weight is 273 g/mol. The van der Waals surface area contributed by atoms with Gasteiger partial charge in [0.2, 0.25) is 0 Å². The molecule has 2 rings (SSSR count). The van der Waals surface area contributed by atoms with E-state index < -0.39 is 5.97 Å². The molecule has 1 aliphatic heterocycles. The van der Waals surface area contributed by atoms with E-state index in [1.165, 1.54) is 5.56 Å². The first kappa shape index (κ1) is 14.8. The van der Waals surface area contributed by atoms with Gasteiger partial charge < -0.3 is 5.11 Å². The molecule has 0 aliphatic carbocycles. The highest BCUT2D eigenvalue weighted by Crippen LogP contribution is 2.29. The third-order valence-corrected chi connectivity index (χ3v) is 4.22. The van der Waals surface area contributed by atoms with Gasteiger partial charge in [-0.3, -0.25) is 9.69 Å². The van der Waals surface area contributed by atoms with E-state index >= 15 is 0 Å². The molecule has 2 atom stereocenters. The van der Waals surface area contributed by atoms with Crippen molar-refractivity contribution in [2.75, 3.05) is 6.54 Å². The Morgan fingerprint density at radius 3 is 2.65 bits per heavy atom. The summed E-state index contributed by atoms with van der Waals surface area (Å²) in [6.07, 6.45) is 3.33. The number of aliphatic carboxylic acids is 1. The van der Waals surface area contributed by atoms with E-state index in [1.54, 1.807) is 0 Å². The molecular formula is C17H23NO2. The Morgan fingerprint density at radius 2 is 2.05 bits per heavy atom. The summed E-state index contributed by atoms with van der Waals surface area (Å²) in [5, 5.41) is 8.99. The fourth-order valence-corrected chi connectivity index (χ4v) is 3.14. The molecule has 2 unspecified atom stereocenters. The lowest BCUT2D eigenvalue weighted by atomic mass is 9.85. The summed E-state index contributed by atoms with van der Waals surface area (Å²) in [7, 11) is 0. The van der Waals surface area contributed by atoms with Gasteiger partial charge in [0.15, 0.2) is 0 Å². The minimum atomic E-state index is -0.727. The second-order valence-electron chi connectivity index (χ2n) is 5.53. The van der Waals surface area contributed by atoms with E-state index in [1.807, 2.05) is 6.07 Å². The summed E-state index contributed by atoms with van der Waals surface area (Å²) < 4.78 is 0. The molecule has 108 valence electrons. The maximum absolute atomic E-state index is 10.9. The number of carboxylic acids is 1. The topological polar surface area (TPSA) is 40.5 Å². The second-order valence-corrected chi connectivity index (χ2v) is 5.53. The zero-order valence-electron chi connectivity index (χ0n) is 12.2. The minimum absolute atomic E-state index is 0.177. The Kier molecular flexibility index (Phi) is 4.96. The molecule has 0 fully saturated rings. The molecule has 1 N–H and O–H groups in total. The molecule has 0 bridgehead atoms. The van der Waals surface area contributed by atoms with Gasteiger partial charge in [0.25, 0.3) is 0 Å². The Labute approximate surface area is 120 Å². The Bertz CT molecular complexity index is 481. The van der Waals surface area contributed by atoms with Crippen molar-refractivity contribution in [3.63, 3.8) is 0 Å². The largest absolute Gasteiger partial charge is 0.481 e. The van der Waals surface area contributed by atoms with Crippen molar-refractivity contribution in [1.29, 1.82) is 0 Å². The van der Waals surface area contributed by atoms with Crippen LogP contribution in [0, 0.1) is 5.92 Å². The van der Waals surface area contributed by atoms with Crippen LogP contribution in [0.4, 0.5) is 0 Å². The first-order valence-corrected chi connectivity index (χ1v) is 7.30. The molecule has 1 aliphatic rings. The Hall–Kier alpha value is -1.61. The quantitative estimate of drug-likeness (QED) is 0.837. The van der Waals surface area contributed by atoms with E-state index in [0.29, 0.717) is 12.0 Å². The third kappa shape index (κ3) is 3.48. The second kappa shape index (κ2) is 6.71. The van der Waals surface area contributed by atoms with Gasteiger partial charge >= 0.3 is 5.97 Å². The third-order valence-electron chi connectivity index (χ3n) is 4.22. The van der Waals surface area contributed by atoms with Crippen LogP contribution >= 0.6 is 0 Å². The molecule has 0 radical (unpaired) electrons. The van der Waals surface area contributed by atoms with E-state index in [-0.39, 0.29) is 6.42 Å². The summed E-state index contributed by atoms with van der Waals surface area (Å²) in [5.74, 6) is -0.414. The number of hydrogen-bond acceptors (Lipinski definition) is 2. The fourth-order valence-electron chi connectivity index (χ4n) is 3.14. The van der Waals surface area contributed by atoms with Gasteiger partial charge in [-0.2, -0.15) is 0 Å². The number of benzene rings is 1. The number of nitrogens with zero attached hydrogens (tertiary/aromatic N) is 1. The van der Waals surface area contributed by atoms with E-state index in [4.69, 9.17) is 5.11 Å². The van der Waals surface area contributed by atoms with Gasteiger partial charge in [0.05, 0.1) is 6.42 Å². The highest BCUT2D eigenvalue weighted by molar-refractivity contribution is 5.70. The lowest BCUT2D eigenvalue weighted by Crippen LogP contribution is -2.43. The monoisotopic (exact) mass is 273 g/mol. The first-order valence-electron chi connectivity index (χ1n) is 7.30. The van der Waals surface area contributed by atoms with Gasteiger partial charge in [-0.05, 0) is 17.9 Å². The zero-order valence-corrected chi connectivity index (χ0v) is 12.2. The van der Waals surface area contributed by atoms with Crippen LogP contribution < -0.4 is 0 Å². The Morgan fingerprint density at radius 1 is 1.35 bits per heavy atom. The zero-order chi connectivity index (χ0) is 14.5. The maximum atomic E-state index is 10.9. The van der Waals surface area contributed by atoms with E-state index in [2.05, 4.69) is 49.1 Å². The van der Waals surface area contributed by atoms with Crippen LogP contribution in [0.2, 0.25) is 0 Å². The van der Waals surface area contributed by atoms with Crippen LogP contribution in [-0.4, -0.2) is 28.6 Å². The minimum Gasteiger partial charge on any atom is -0.481 e. The molecule has 1 aromatic carbocycles. The molecule has 1 aromatic rings. The molecule has 0 spiro atoms. The molecule has 20 heavy (non-hydrogen) atoms. The van der Waals surface area contributed by atoms with Gasteiger partial charge in [-0.1, -0.05) is 55.8 Å². The predicted octanol–water partition coefficient (Wildman–Crippen LogP) is 3.32. The number of rotatable bonds is 5. The molecule has 3 nitrogen and oxygen atoms in total. The smallest absolute Gasteiger partial charge is 0.307 e. The molecule has 0 saturated carbocycles. The van der Waals surface area contributed by atoms with Crippen molar-refractivity contribution in [3.8, 4) is 0 Å². The highest BCUT2D eigenvalue weighted by atomic mass is 16.4. The standard InChI is InChI=1S/C17H23NO2/c1-3-16-13(2)15(11-17(19)20)9-10-18(16)12-14-7-5-4-6-8-14/h4-9,13,16H,3,10-12H2,1-2H3,(H,19,20). The Balaban J connectivity index is 2.11. The molecule has 1 heterocycles. The molecule has 0 aromatic heterocycles. The van der Waals surface area contributed by atoms with Crippen LogP contribution in [0.1, 0.15) is 32.3 Å². The molecule has 0 saturated heterocycles. The van der Waals surface area contributed by atoms with Gasteiger partial charge in [0, 0.05) is 19.1 Å². The van der Waals surface area contributed by atoms with Crippen molar-refractivity contribution in [3.05, 3.63) is 47.5 Å². The lowest BCUT2D eigenvalue weighted by Gasteiger charge is -2.39. The van der Waals surface area contributed by atoms with Crippen molar-refractivity contribution in [2.24, 2.45) is 5.92 Å². The summed E-state index contributed by atoms with van der Waals surface area (Å²) in [4.78, 5) is 13.4. The lowest BCUT2D eigenvalue weighted by molar-refractivity contribution is -0.136. The highest BCUT2D eigenvalue weighted by Gasteiger charge is 2.29. The molecular weight excluding hydrogens is 250 g/mol. The SMILES string of the molecule is CCC1C(C)C(CC(=O)O)=CCN1Cc1ccccc1. The van der Waals surface area contributed by atoms with Gasteiger partial charge in [0.1, 0.15) is 0 Å². The van der Waals surface area contributed by atoms with Crippen molar-refractivity contribution >= 4 is 5.97 Å². The predicted molar refractivity (Wildman–Crippen MR) is 80.4 cm³/mol. The van der Waals surface area contributed by atoms with Crippen LogP contribution in [0.15, 0.2) is 42.0 Å².